The van der Waals surface area contributed by atoms with Gasteiger partial charge in [0.15, 0.2) is 0 Å². The van der Waals surface area contributed by atoms with Crippen LogP contribution in [0.5, 0.6) is 0 Å². The second kappa shape index (κ2) is 9.13. The van der Waals surface area contributed by atoms with E-state index in [1.165, 1.54) is 0 Å². The third-order valence-electron chi connectivity index (χ3n) is 3.57. The number of ether oxygens (including phenoxy) is 1. The molecule has 0 bridgehead atoms. The minimum absolute atomic E-state index is 0.0926. The van der Waals surface area contributed by atoms with E-state index in [1.54, 1.807) is 31.2 Å². The molecule has 2 aromatic carbocycles. The van der Waals surface area contributed by atoms with Crippen molar-refractivity contribution >= 4 is 30.2 Å². The second-order valence-corrected chi connectivity index (χ2v) is 5.59. The Balaban J connectivity index is 1.95. The lowest BCUT2D eigenvalue weighted by Crippen LogP contribution is -2.13. The van der Waals surface area contributed by atoms with E-state index < -0.39 is 5.97 Å². The van der Waals surface area contributed by atoms with Gasteiger partial charge in [0.05, 0.1) is 12.2 Å². The largest absolute Gasteiger partial charge is 0.462 e. The smallest absolute Gasteiger partial charge is 0.338 e. The third-order valence-corrected chi connectivity index (χ3v) is 3.91. The molecule has 5 heteroatoms. The Morgan fingerprint density at radius 2 is 1.83 bits per heavy atom. The van der Waals surface area contributed by atoms with Crippen LogP contribution >= 0.6 is 12.6 Å². The summed E-state index contributed by atoms with van der Waals surface area (Å²) in [6.45, 7) is 2.08. The second-order valence-electron chi connectivity index (χ2n) is 5.28. The van der Waals surface area contributed by atoms with E-state index in [0.717, 1.165) is 11.1 Å². The summed E-state index contributed by atoms with van der Waals surface area (Å²) < 4.78 is 4.96. The predicted molar refractivity (Wildman–Crippen MR) is 98.5 cm³/mol. The summed E-state index contributed by atoms with van der Waals surface area (Å²) >= 11 is 4.31. The number of thiol groups is 1. The predicted octanol–water partition coefficient (Wildman–Crippen LogP) is 3.86. The first-order valence-corrected chi connectivity index (χ1v) is 8.52. The molecule has 0 fully saturated rings. The summed E-state index contributed by atoms with van der Waals surface area (Å²) in [6, 6.07) is 14.7. The van der Waals surface area contributed by atoms with E-state index in [0.29, 0.717) is 36.5 Å². The number of benzene rings is 2. The van der Waals surface area contributed by atoms with Crippen molar-refractivity contribution in [1.82, 2.24) is 0 Å². The SMILES string of the molecule is CCOC(=O)c1cccc(NC(=O)CCc2ccccc2CS)c1. The first kappa shape index (κ1) is 18.1. The van der Waals surface area contributed by atoms with Crippen LogP contribution in [-0.2, 0) is 21.7 Å². The highest BCUT2D eigenvalue weighted by Crippen LogP contribution is 2.15. The lowest BCUT2D eigenvalue weighted by molar-refractivity contribution is -0.116. The number of rotatable bonds is 7. The summed E-state index contributed by atoms with van der Waals surface area (Å²) in [7, 11) is 0. The van der Waals surface area contributed by atoms with Crippen LogP contribution in [0.25, 0.3) is 0 Å². The molecular formula is C19H21NO3S. The lowest BCUT2D eigenvalue weighted by Gasteiger charge is -2.09. The van der Waals surface area contributed by atoms with E-state index in [9.17, 15) is 9.59 Å². The molecule has 0 aliphatic carbocycles. The molecule has 0 saturated heterocycles. The minimum Gasteiger partial charge on any atom is -0.462 e. The summed E-state index contributed by atoms with van der Waals surface area (Å²) in [5, 5.41) is 2.82. The summed E-state index contributed by atoms with van der Waals surface area (Å²) in [5.74, 6) is 0.167. The average Bonchev–Trinajstić information content (AvgIpc) is 2.60. The quantitative estimate of drug-likeness (QED) is 0.593. The highest BCUT2D eigenvalue weighted by molar-refractivity contribution is 7.79. The molecule has 0 aromatic heterocycles. The van der Waals surface area contributed by atoms with Crippen LogP contribution in [0.2, 0.25) is 0 Å². The first-order valence-electron chi connectivity index (χ1n) is 7.88. The van der Waals surface area contributed by atoms with E-state index in [1.807, 2.05) is 24.3 Å². The number of hydrogen-bond acceptors (Lipinski definition) is 4. The molecule has 0 unspecified atom stereocenters. The van der Waals surface area contributed by atoms with Crippen LogP contribution in [-0.4, -0.2) is 18.5 Å². The van der Waals surface area contributed by atoms with Gasteiger partial charge >= 0.3 is 5.97 Å². The fourth-order valence-electron chi connectivity index (χ4n) is 2.37. The number of amides is 1. The van der Waals surface area contributed by atoms with Crippen LogP contribution in [0.3, 0.4) is 0 Å². The maximum atomic E-state index is 12.1. The summed E-state index contributed by atoms with van der Waals surface area (Å²) in [5.41, 5.74) is 3.28. The van der Waals surface area contributed by atoms with Crippen molar-refractivity contribution in [2.24, 2.45) is 0 Å². The Hall–Kier alpha value is -2.27. The minimum atomic E-state index is -0.392. The van der Waals surface area contributed by atoms with Crippen molar-refractivity contribution in [2.45, 2.75) is 25.5 Å². The Bertz CT molecular complexity index is 715. The van der Waals surface area contributed by atoms with Gasteiger partial charge in [-0.3, -0.25) is 4.79 Å². The summed E-state index contributed by atoms with van der Waals surface area (Å²) in [4.78, 5) is 23.9. The zero-order chi connectivity index (χ0) is 17.4. The van der Waals surface area contributed by atoms with Crippen LogP contribution < -0.4 is 5.32 Å². The molecule has 2 rings (SSSR count). The molecule has 0 heterocycles. The number of carbonyl (C=O) groups is 2. The molecule has 1 N–H and O–H groups in total. The molecule has 0 atom stereocenters. The highest BCUT2D eigenvalue weighted by Gasteiger charge is 2.09. The zero-order valence-corrected chi connectivity index (χ0v) is 14.5. The molecule has 126 valence electrons. The molecule has 0 saturated carbocycles. The normalized spacial score (nSPS) is 10.2. The standard InChI is InChI=1S/C19H21NO3S/c1-2-23-19(22)15-8-5-9-17(12-15)20-18(21)11-10-14-6-3-4-7-16(14)13-24/h3-9,12,24H,2,10-11,13H2,1H3,(H,20,21). The number of esters is 1. The molecule has 2 aromatic rings. The van der Waals surface area contributed by atoms with Crippen molar-refractivity contribution in [2.75, 3.05) is 11.9 Å². The number of aryl methyl sites for hydroxylation is 1. The zero-order valence-electron chi connectivity index (χ0n) is 13.6. The van der Waals surface area contributed by atoms with Crippen molar-refractivity contribution < 1.29 is 14.3 Å². The van der Waals surface area contributed by atoms with Gasteiger partial charge in [0.2, 0.25) is 5.91 Å². The Labute approximate surface area is 147 Å². The number of nitrogens with one attached hydrogen (secondary N) is 1. The van der Waals surface area contributed by atoms with Gasteiger partial charge in [0.25, 0.3) is 0 Å². The topological polar surface area (TPSA) is 55.4 Å². The average molecular weight is 343 g/mol. The molecule has 1 amide bonds. The summed E-state index contributed by atoms with van der Waals surface area (Å²) in [6.07, 6.45) is 1.02. The van der Waals surface area contributed by atoms with Gasteiger partial charge in [-0.05, 0) is 42.7 Å². The van der Waals surface area contributed by atoms with Crippen LogP contribution in [0.4, 0.5) is 5.69 Å². The molecule has 0 aliphatic heterocycles. The van der Waals surface area contributed by atoms with Crippen LogP contribution in [0.1, 0.15) is 34.8 Å². The van der Waals surface area contributed by atoms with E-state index in [4.69, 9.17) is 4.74 Å². The number of carbonyl (C=O) groups excluding carboxylic acids is 2. The van der Waals surface area contributed by atoms with E-state index in [-0.39, 0.29) is 5.91 Å². The molecule has 0 spiro atoms. The fraction of sp³-hybridized carbons (Fsp3) is 0.263. The van der Waals surface area contributed by atoms with Gasteiger partial charge in [-0.2, -0.15) is 12.6 Å². The van der Waals surface area contributed by atoms with Crippen molar-refractivity contribution in [3.05, 3.63) is 65.2 Å². The number of anilines is 1. The monoisotopic (exact) mass is 343 g/mol. The van der Waals surface area contributed by atoms with E-state index in [2.05, 4.69) is 17.9 Å². The van der Waals surface area contributed by atoms with Gasteiger partial charge < -0.3 is 10.1 Å². The molecule has 24 heavy (non-hydrogen) atoms. The lowest BCUT2D eigenvalue weighted by atomic mass is 10.0. The highest BCUT2D eigenvalue weighted by atomic mass is 32.1. The maximum absolute atomic E-state index is 12.1. The van der Waals surface area contributed by atoms with E-state index >= 15 is 0 Å². The Morgan fingerprint density at radius 3 is 2.54 bits per heavy atom. The van der Waals surface area contributed by atoms with Gasteiger partial charge in [-0.1, -0.05) is 30.3 Å². The molecular weight excluding hydrogens is 322 g/mol. The van der Waals surface area contributed by atoms with Crippen molar-refractivity contribution in [3.8, 4) is 0 Å². The Morgan fingerprint density at radius 1 is 1.08 bits per heavy atom. The van der Waals surface area contributed by atoms with Crippen LogP contribution in [0, 0.1) is 0 Å². The third kappa shape index (κ3) is 5.13. The molecule has 0 aliphatic rings. The maximum Gasteiger partial charge on any atom is 0.338 e. The van der Waals surface area contributed by atoms with Gasteiger partial charge in [-0.15, -0.1) is 0 Å². The van der Waals surface area contributed by atoms with Crippen LogP contribution in [0.15, 0.2) is 48.5 Å². The Kier molecular flexibility index (Phi) is 6.88. The van der Waals surface area contributed by atoms with Gasteiger partial charge in [-0.25, -0.2) is 4.79 Å². The molecule has 0 radical (unpaired) electrons. The number of hydrogen-bond donors (Lipinski definition) is 2. The van der Waals surface area contributed by atoms with Crippen molar-refractivity contribution in [1.29, 1.82) is 0 Å². The molecule has 4 nitrogen and oxygen atoms in total. The fourth-order valence-corrected chi connectivity index (χ4v) is 2.67. The van der Waals surface area contributed by atoms with Gasteiger partial charge in [0.1, 0.15) is 0 Å². The first-order chi connectivity index (χ1) is 11.6. The van der Waals surface area contributed by atoms with Crippen molar-refractivity contribution in [3.63, 3.8) is 0 Å². The van der Waals surface area contributed by atoms with Gasteiger partial charge in [0, 0.05) is 17.9 Å².